The van der Waals surface area contributed by atoms with Crippen molar-refractivity contribution in [3.8, 4) is 0 Å². The fourth-order valence-electron chi connectivity index (χ4n) is 0.589. The molecule has 0 saturated carbocycles. The first-order chi connectivity index (χ1) is 4.20. The van der Waals surface area contributed by atoms with E-state index in [1.807, 2.05) is 0 Å². The average molecular weight is 126 g/mol. The molecule has 0 aromatic carbocycles. The highest BCUT2D eigenvalue weighted by Crippen LogP contribution is 1.86. The van der Waals surface area contributed by atoms with Crippen molar-refractivity contribution in [1.29, 1.82) is 0 Å². The van der Waals surface area contributed by atoms with Crippen LogP contribution in [0, 0.1) is 0 Å². The molecule has 0 saturated heterocycles. The predicted molar refractivity (Wildman–Crippen MR) is 30.5 cm³/mol. The number of hydrogen-bond acceptors (Lipinski definition) is 1. The Kier molecular flexibility index (Phi) is 1.22. The van der Waals surface area contributed by atoms with E-state index in [1.54, 1.807) is 24.1 Å². The maximum atomic E-state index is 10.4. The van der Waals surface area contributed by atoms with Crippen molar-refractivity contribution in [3.05, 3.63) is 18.0 Å². The lowest BCUT2D eigenvalue weighted by Crippen LogP contribution is -2.28. The number of H-pyrrole nitrogens is 1. The molecule has 0 aliphatic carbocycles. The first-order valence-electron chi connectivity index (χ1n) is 2.54. The second-order valence-electron chi connectivity index (χ2n) is 1.83. The summed E-state index contributed by atoms with van der Waals surface area (Å²) in [6.45, 7) is 0. The van der Waals surface area contributed by atoms with Crippen LogP contribution in [0.1, 0.15) is 10.4 Å². The van der Waals surface area contributed by atoms with Crippen LogP contribution in [-0.4, -0.2) is 11.0 Å². The smallest absolute Gasteiger partial charge is 0.256 e. The van der Waals surface area contributed by atoms with Gasteiger partial charge >= 0.3 is 0 Å². The van der Waals surface area contributed by atoms with Gasteiger partial charge in [0.05, 0.1) is 6.20 Å². The summed E-state index contributed by atoms with van der Waals surface area (Å²) in [4.78, 5) is 10.4. The van der Waals surface area contributed by atoms with E-state index in [1.165, 1.54) is 0 Å². The Morgan fingerprint density at radius 1 is 1.89 bits per heavy atom. The van der Waals surface area contributed by atoms with E-state index in [-0.39, 0.29) is 0 Å². The number of carbonyl (C=O) groups excluding carboxylic acids is 1. The first-order valence-corrected chi connectivity index (χ1v) is 2.54. The van der Waals surface area contributed by atoms with Crippen molar-refractivity contribution in [2.45, 2.75) is 0 Å². The number of primary amides is 1. The normalized spacial score (nSPS) is 9.44. The van der Waals surface area contributed by atoms with E-state index in [0.717, 1.165) is 0 Å². The minimum Gasteiger partial charge on any atom is -0.365 e. The van der Waals surface area contributed by atoms with E-state index in [4.69, 9.17) is 5.73 Å². The van der Waals surface area contributed by atoms with Gasteiger partial charge in [0.25, 0.3) is 5.91 Å². The third kappa shape index (κ3) is 1.07. The van der Waals surface area contributed by atoms with Crippen molar-refractivity contribution >= 4 is 5.91 Å². The lowest BCUT2D eigenvalue weighted by Gasteiger charge is -1.76. The van der Waals surface area contributed by atoms with Gasteiger partial charge in [-0.2, -0.15) is 5.10 Å². The average Bonchev–Trinajstić information content (AvgIpc) is 2.14. The van der Waals surface area contributed by atoms with Crippen LogP contribution in [0.3, 0.4) is 0 Å². The number of nitrogens with two attached hydrogens (primary N) is 1. The van der Waals surface area contributed by atoms with Crippen LogP contribution in [0.25, 0.3) is 0 Å². The predicted octanol–water partition coefficient (Wildman–Crippen LogP) is -1.06. The van der Waals surface area contributed by atoms with Crippen LogP contribution < -0.4 is 10.4 Å². The topological polar surface area (TPSA) is 62.8 Å². The van der Waals surface area contributed by atoms with Gasteiger partial charge in [0.2, 0.25) is 6.20 Å². The molecule has 1 aromatic rings. The molecule has 3 N–H and O–H groups in total. The second kappa shape index (κ2) is 1.89. The molecule has 0 spiro atoms. The van der Waals surface area contributed by atoms with Crippen molar-refractivity contribution in [3.63, 3.8) is 0 Å². The van der Waals surface area contributed by atoms with Crippen molar-refractivity contribution in [1.82, 2.24) is 5.10 Å². The fraction of sp³-hybridized carbons (Fsp3) is 0.200. The van der Waals surface area contributed by atoms with Gasteiger partial charge in [-0.3, -0.25) is 4.79 Å². The molecule has 0 aliphatic rings. The Hall–Kier alpha value is -1.32. The molecule has 1 amide bonds. The van der Waals surface area contributed by atoms with Crippen LogP contribution in [0.5, 0.6) is 0 Å². The Labute approximate surface area is 52.3 Å². The Bertz CT molecular complexity index is 228. The van der Waals surface area contributed by atoms with E-state index < -0.39 is 5.91 Å². The lowest BCUT2D eigenvalue weighted by atomic mass is 10.4. The van der Waals surface area contributed by atoms with Crippen LogP contribution in [-0.2, 0) is 7.05 Å². The van der Waals surface area contributed by atoms with E-state index >= 15 is 0 Å². The molecule has 48 valence electrons. The number of nitrogens with one attached hydrogen (secondary N) is 1. The molecule has 0 aliphatic heterocycles. The number of amides is 1. The lowest BCUT2D eigenvalue weighted by molar-refractivity contribution is -0.726. The van der Waals surface area contributed by atoms with Crippen LogP contribution >= 0.6 is 0 Å². The van der Waals surface area contributed by atoms with Gasteiger partial charge in [-0.15, -0.1) is 4.68 Å². The molecule has 0 bridgehead atoms. The highest BCUT2D eigenvalue weighted by Gasteiger charge is 2.05. The molecule has 9 heavy (non-hydrogen) atoms. The number of nitrogens with zero attached hydrogens (tertiary/aromatic N) is 1. The monoisotopic (exact) mass is 126 g/mol. The fourth-order valence-corrected chi connectivity index (χ4v) is 0.589. The molecule has 1 heterocycles. The zero-order valence-electron chi connectivity index (χ0n) is 5.09. The summed E-state index contributed by atoms with van der Waals surface area (Å²) in [5.41, 5.74) is 5.45. The van der Waals surface area contributed by atoms with Gasteiger partial charge in [0.1, 0.15) is 5.56 Å². The third-order valence-electron chi connectivity index (χ3n) is 1.04. The number of carbonyl (C=O) groups is 1. The molecular weight excluding hydrogens is 118 g/mol. The molecule has 4 nitrogen and oxygen atoms in total. The maximum Gasteiger partial charge on any atom is 0.256 e. The zero-order chi connectivity index (χ0) is 6.85. The van der Waals surface area contributed by atoms with Crippen LogP contribution in [0.15, 0.2) is 12.4 Å². The Balaban J connectivity index is 2.98. The van der Waals surface area contributed by atoms with E-state index in [2.05, 4.69) is 5.10 Å². The van der Waals surface area contributed by atoms with E-state index in [9.17, 15) is 4.79 Å². The molecule has 4 heteroatoms. The number of hydrogen-bond donors (Lipinski definition) is 2. The number of aryl methyl sites for hydroxylation is 1. The minimum absolute atomic E-state index is 0.410. The SMILES string of the molecule is C[n+]1cc(C(N)=O)c[nH]1. The third-order valence-corrected chi connectivity index (χ3v) is 1.04. The summed E-state index contributed by atoms with van der Waals surface area (Å²) in [7, 11) is 1.78. The molecule has 0 radical (unpaired) electrons. The number of aromatic nitrogens is 2. The molecule has 0 unspecified atom stereocenters. The Morgan fingerprint density at radius 2 is 2.56 bits per heavy atom. The summed E-state index contributed by atoms with van der Waals surface area (Å²) in [6.07, 6.45) is 3.19. The Morgan fingerprint density at radius 3 is 2.78 bits per heavy atom. The zero-order valence-corrected chi connectivity index (χ0v) is 5.09. The summed E-state index contributed by atoms with van der Waals surface area (Å²) < 4.78 is 1.65. The van der Waals surface area contributed by atoms with Gasteiger partial charge in [0.15, 0.2) is 7.05 Å². The van der Waals surface area contributed by atoms with Gasteiger partial charge in [-0.05, 0) is 0 Å². The molecular formula is C5H8N3O+. The second-order valence-corrected chi connectivity index (χ2v) is 1.83. The molecule has 1 rings (SSSR count). The summed E-state index contributed by atoms with van der Waals surface area (Å²) >= 11 is 0. The van der Waals surface area contributed by atoms with Crippen LogP contribution in [0.4, 0.5) is 0 Å². The maximum absolute atomic E-state index is 10.4. The van der Waals surface area contributed by atoms with Gasteiger partial charge < -0.3 is 5.73 Å². The number of aromatic amines is 1. The van der Waals surface area contributed by atoms with Crippen molar-refractivity contribution in [2.75, 3.05) is 0 Å². The summed E-state index contributed by atoms with van der Waals surface area (Å²) in [5, 5.41) is 2.77. The van der Waals surface area contributed by atoms with Gasteiger partial charge in [0, 0.05) is 0 Å². The van der Waals surface area contributed by atoms with Crippen molar-refractivity contribution < 1.29 is 9.48 Å². The van der Waals surface area contributed by atoms with Crippen molar-refractivity contribution in [2.24, 2.45) is 12.8 Å². The largest absolute Gasteiger partial charge is 0.365 e. The summed E-state index contributed by atoms with van der Waals surface area (Å²) in [5.74, 6) is -0.410. The highest BCUT2D eigenvalue weighted by atomic mass is 16.1. The first kappa shape index (κ1) is 5.81. The van der Waals surface area contributed by atoms with Gasteiger partial charge in [-0.25, -0.2) is 0 Å². The quantitative estimate of drug-likeness (QED) is 0.463. The van der Waals surface area contributed by atoms with Gasteiger partial charge in [-0.1, -0.05) is 0 Å². The minimum atomic E-state index is -0.410. The molecule has 0 atom stereocenters. The standard InChI is InChI=1S/C5H7N3O/c1-8-3-4(2-7-8)5(6)9/h2-3H,1H3,(H2,6,9)/p+1. The van der Waals surface area contributed by atoms with Crippen LogP contribution in [0.2, 0.25) is 0 Å². The summed E-state index contributed by atoms with van der Waals surface area (Å²) in [6, 6.07) is 0. The molecule has 0 fully saturated rings. The highest BCUT2D eigenvalue weighted by molar-refractivity contribution is 5.91. The number of rotatable bonds is 1. The van der Waals surface area contributed by atoms with E-state index in [0.29, 0.717) is 5.56 Å². The molecule has 1 aromatic heterocycles.